The lowest BCUT2D eigenvalue weighted by atomic mass is 10.1. The molecule has 6 heteroatoms. The summed E-state index contributed by atoms with van der Waals surface area (Å²) in [6.07, 6.45) is 1.88. The predicted molar refractivity (Wildman–Crippen MR) is 89.0 cm³/mol. The van der Waals surface area contributed by atoms with Crippen LogP contribution in [0.15, 0.2) is 34.9 Å². The lowest BCUT2D eigenvalue weighted by molar-refractivity contribution is 0.276. The molecule has 1 aromatic carbocycles. The fourth-order valence-corrected chi connectivity index (χ4v) is 3.41. The third-order valence-electron chi connectivity index (χ3n) is 3.31. The van der Waals surface area contributed by atoms with Gasteiger partial charge in [0.25, 0.3) is 0 Å². The van der Waals surface area contributed by atoms with Crippen molar-refractivity contribution in [3.63, 3.8) is 0 Å². The van der Waals surface area contributed by atoms with Gasteiger partial charge in [0, 0.05) is 21.3 Å². The highest BCUT2D eigenvalue weighted by molar-refractivity contribution is 9.10. The van der Waals surface area contributed by atoms with Gasteiger partial charge in [-0.15, -0.1) is 0 Å². The first-order valence-corrected chi connectivity index (χ1v) is 7.79. The summed E-state index contributed by atoms with van der Waals surface area (Å²) in [7, 11) is 0. The third-order valence-corrected chi connectivity index (χ3v) is 4.29. The van der Waals surface area contributed by atoms with Crippen molar-refractivity contribution in [1.29, 1.82) is 0 Å². The number of benzene rings is 1. The number of aliphatic hydroxyl groups is 1. The Kier molecular flexibility index (Phi) is 3.97. The van der Waals surface area contributed by atoms with E-state index in [9.17, 15) is 5.11 Å². The van der Waals surface area contributed by atoms with E-state index in [1.54, 1.807) is 12.1 Å². The van der Waals surface area contributed by atoms with Gasteiger partial charge in [0.1, 0.15) is 5.65 Å². The highest BCUT2D eigenvalue weighted by atomic mass is 79.9. The Bertz CT molecular complexity index is 845. The summed E-state index contributed by atoms with van der Waals surface area (Å²) < 4.78 is 2.80. The van der Waals surface area contributed by atoms with Crippen LogP contribution in [0.25, 0.3) is 16.9 Å². The van der Waals surface area contributed by atoms with E-state index in [4.69, 9.17) is 23.2 Å². The van der Waals surface area contributed by atoms with Crippen molar-refractivity contribution in [2.45, 2.75) is 13.5 Å². The number of hydrogen-bond acceptors (Lipinski definition) is 2. The van der Waals surface area contributed by atoms with Crippen molar-refractivity contribution in [1.82, 2.24) is 9.38 Å². The molecule has 3 nitrogen and oxygen atoms in total. The van der Waals surface area contributed by atoms with Gasteiger partial charge in [0.05, 0.1) is 23.0 Å². The molecule has 0 aliphatic carbocycles. The molecule has 0 aliphatic heterocycles. The molecule has 2 aromatic heterocycles. The highest BCUT2D eigenvalue weighted by Gasteiger charge is 2.17. The van der Waals surface area contributed by atoms with Crippen LogP contribution in [0.1, 0.15) is 11.3 Å². The molecule has 0 unspecified atom stereocenters. The summed E-state index contributed by atoms with van der Waals surface area (Å²) in [6.45, 7) is 1.84. The summed E-state index contributed by atoms with van der Waals surface area (Å²) in [5.74, 6) is 0. The molecule has 0 fully saturated rings. The topological polar surface area (TPSA) is 37.5 Å². The molecule has 2 heterocycles. The van der Waals surface area contributed by atoms with Crippen LogP contribution < -0.4 is 0 Å². The molecule has 0 bridgehead atoms. The Morgan fingerprint density at radius 3 is 2.71 bits per heavy atom. The fraction of sp³-hybridized carbons (Fsp3) is 0.133. The maximum absolute atomic E-state index is 9.75. The molecule has 0 atom stereocenters. The molecule has 1 N–H and O–H groups in total. The maximum atomic E-state index is 9.75. The van der Waals surface area contributed by atoms with E-state index in [1.165, 1.54) is 0 Å². The van der Waals surface area contributed by atoms with Crippen LogP contribution in [0.4, 0.5) is 0 Å². The van der Waals surface area contributed by atoms with Gasteiger partial charge in [-0.25, -0.2) is 4.98 Å². The number of imidazole rings is 1. The summed E-state index contributed by atoms with van der Waals surface area (Å²) >= 11 is 15.7. The maximum Gasteiger partial charge on any atom is 0.140 e. The molecule has 3 rings (SSSR count). The summed E-state index contributed by atoms with van der Waals surface area (Å²) in [5, 5.41) is 10.8. The lowest BCUT2D eigenvalue weighted by Gasteiger charge is -2.05. The van der Waals surface area contributed by atoms with Gasteiger partial charge in [-0.2, -0.15) is 0 Å². The van der Waals surface area contributed by atoms with Crippen LogP contribution in [0, 0.1) is 6.92 Å². The number of hydrogen-bond donors (Lipinski definition) is 1. The minimum absolute atomic E-state index is 0.134. The number of aromatic nitrogens is 2. The Morgan fingerprint density at radius 2 is 2.05 bits per heavy atom. The van der Waals surface area contributed by atoms with Gasteiger partial charge >= 0.3 is 0 Å². The Hall–Kier alpha value is -1.07. The third kappa shape index (κ3) is 2.57. The zero-order valence-corrected chi connectivity index (χ0v) is 14.2. The molecular weight excluding hydrogens is 375 g/mol. The minimum atomic E-state index is -0.134. The molecule has 0 spiro atoms. The first kappa shape index (κ1) is 14.9. The van der Waals surface area contributed by atoms with Crippen LogP contribution in [-0.2, 0) is 6.61 Å². The van der Waals surface area contributed by atoms with Crippen LogP contribution in [-0.4, -0.2) is 14.5 Å². The van der Waals surface area contributed by atoms with Crippen molar-refractivity contribution in [3.8, 4) is 11.3 Å². The zero-order valence-electron chi connectivity index (χ0n) is 11.1. The Labute approximate surface area is 140 Å². The predicted octanol–water partition coefficient (Wildman–Crippen LogP) is 4.87. The van der Waals surface area contributed by atoms with Crippen molar-refractivity contribution in [2.75, 3.05) is 0 Å². The van der Waals surface area contributed by atoms with Crippen LogP contribution in [0.5, 0.6) is 0 Å². The zero-order chi connectivity index (χ0) is 15.1. The van der Waals surface area contributed by atoms with Gasteiger partial charge in [-0.1, -0.05) is 23.2 Å². The molecule has 21 heavy (non-hydrogen) atoms. The first-order valence-electron chi connectivity index (χ1n) is 6.24. The van der Waals surface area contributed by atoms with Gasteiger partial charge in [-0.3, -0.25) is 4.40 Å². The van der Waals surface area contributed by atoms with Crippen molar-refractivity contribution >= 4 is 44.8 Å². The second-order valence-corrected chi connectivity index (χ2v) is 6.48. The van der Waals surface area contributed by atoms with E-state index >= 15 is 0 Å². The van der Waals surface area contributed by atoms with Gasteiger partial charge in [-0.05, 0) is 52.7 Å². The van der Waals surface area contributed by atoms with E-state index in [2.05, 4.69) is 20.9 Å². The number of aryl methyl sites for hydroxylation is 1. The summed E-state index contributed by atoms with van der Waals surface area (Å²) in [6, 6.07) is 7.23. The molecule has 0 saturated heterocycles. The smallest absolute Gasteiger partial charge is 0.140 e. The monoisotopic (exact) mass is 384 g/mol. The fourth-order valence-electron chi connectivity index (χ4n) is 2.36. The van der Waals surface area contributed by atoms with E-state index < -0.39 is 0 Å². The Morgan fingerprint density at radius 1 is 1.29 bits per heavy atom. The number of aliphatic hydroxyl groups excluding tert-OH is 1. The second-order valence-electron chi connectivity index (χ2n) is 4.72. The Balaban J connectivity index is 2.35. The molecule has 0 amide bonds. The standard InChI is InChI=1S/C15H11BrCl2N2O/c1-8-4-9(16)6-20-13(7-21)14(19-15(8)20)11-3-2-10(17)5-12(11)18/h2-6,21H,7H2,1H3. The average Bonchev–Trinajstić information content (AvgIpc) is 2.77. The van der Waals surface area contributed by atoms with Crippen LogP contribution in [0.3, 0.4) is 0 Å². The van der Waals surface area contributed by atoms with Crippen molar-refractivity contribution in [3.05, 3.63) is 56.2 Å². The lowest BCUT2D eigenvalue weighted by Crippen LogP contribution is -1.95. The van der Waals surface area contributed by atoms with Gasteiger partial charge < -0.3 is 5.11 Å². The number of pyridine rings is 1. The largest absolute Gasteiger partial charge is 0.390 e. The number of nitrogens with zero attached hydrogens (tertiary/aromatic N) is 2. The molecule has 0 radical (unpaired) electrons. The summed E-state index contributed by atoms with van der Waals surface area (Å²) in [4.78, 5) is 4.64. The summed E-state index contributed by atoms with van der Waals surface area (Å²) in [5.41, 5.74) is 3.92. The van der Waals surface area contributed by atoms with Crippen LogP contribution in [0.2, 0.25) is 10.0 Å². The van der Waals surface area contributed by atoms with Crippen molar-refractivity contribution in [2.24, 2.45) is 0 Å². The molecule has 0 saturated carbocycles. The molecule has 108 valence electrons. The SMILES string of the molecule is Cc1cc(Br)cn2c(CO)c(-c3ccc(Cl)cc3Cl)nc12. The molecule has 0 aliphatic rings. The number of fused-ring (bicyclic) bond motifs is 1. The van der Waals surface area contributed by atoms with Crippen molar-refractivity contribution < 1.29 is 5.11 Å². The number of halogens is 3. The van der Waals surface area contributed by atoms with E-state index in [0.717, 1.165) is 21.2 Å². The number of rotatable bonds is 2. The molecular formula is C15H11BrCl2N2O. The minimum Gasteiger partial charge on any atom is -0.390 e. The second kappa shape index (κ2) is 5.61. The van der Waals surface area contributed by atoms with E-state index in [1.807, 2.05) is 29.7 Å². The average molecular weight is 386 g/mol. The quantitative estimate of drug-likeness (QED) is 0.683. The van der Waals surface area contributed by atoms with Gasteiger partial charge in [0.15, 0.2) is 0 Å². The van der Waals surface area contributed by atoms with Gasteiger partial charge in [0.2, 0.25) is 0 Å². The normalized spacial score (nSPS) is 11.3. The van der Waals surface area contributed by atoms with Crippen LogP contribution >= 0.6 is 39.1 Å². The highest BCUT2D eigenvalue weighted by Crippen LogP contribution is 2.33. The first-order chi connectivity index (χ1) is 10.0. The van der Waals surface area contributed by atoms with E-state index in [-0.39, 0.29) is 6.61 Å². The molecule has 3 aromatic rings. The van der Waals surface area contributed by atoms with E-state index in [0.29, 0.717) is 21.4 Å².